The third-order valence-corrected chi connectivity index (χ3v) is 3.24. The Hall–Kier alpha value is -0.870. The first kappa shape index (κ1) is 16.2. The summed E-state index contributed by atoms with van der Waals surface area (Å²) in [7, 11) is 0. The van der Waals surface area contributed by atoms with Crippen LogP contribution < -0.4 is 5.73 Å². The van der Waals surface area contributed by atoms with Gasteiger partial charge in [-0.15, -0.1) is 0 Å². The molecule has 2 N–H and O–H groups in total. The molecule has 0 aliphatic carbocycles. The molecule has 0 saturated heterocycles. The average Bonchev–Trinajstić information content (AvgIpc) is 2.80. The van der Waals surface area contributed by atoms with Crippen molar-refractivity contribution in [3.8, 4) is 0 Å². The molecule has 0 aromatic carbocycles. The van der Waals surface area contributed by atoms with Gasteiger partial charge in [-0.1, -0.05) is 32.9 Å². The van der Waals surface area contributed by atoms with Crippen LogP contribution in [0.15, 0.2) is 10.6 Å². The second kappa shape index (κ2) is 8.33. The summed E-state index contributed by atoms with van der Waals surface area (Å²) >= 11 is 0. The molecule has 0 aliphatic heterocycles. The fraction of sp³-hybridized carbons (Fsp3) is 0.800. The summed E-state index contributed by atoms with van der Waals surface area (Å²) in [4.78, 5) is 2.46. The highest BCUT2D eigenvalue weighted by Gasteiger charge is 2.11. The maximum Gasteiger partial charge on any atom is 0.151 e. The summed E-state index contributed by atoms with van der Waals surface area (Å²) in [5, 5.41) is 3.95. The predicted octanol–water partition coefficient (Wildman–Crippen LogP) is 3.03. The van der Waals surface area contributed by atoms with Crippen molar-refractivity contribution in [1.29, 1.82) is 0 Å². The standard InChI is InChI=1S/C15H29N3O/c1-12(2)5-7-18(8-6-13(3)4)11-15-9-14(10-16)17-19-15/h9,12-13H,5-8,10-11,16H2,1-4H3. The molecule has 4 heteroatoms. The number of aromatic nitrogens is 1. The van der Waals surface area contributed by atoms with Gasteiger partial charge in [0.1, 0.15) is 0 Å². The summed E-state index contributed by atoms with van der Waals surface area (Å²) in [6.45, 7) is 12.6. The first-order chi connectivity index (χ1) is 9.01. The van der Waals surface area contributed by atoms with E-state index >= 15 is 0 Å². The largest absolute Gasteiger partial charge is 0.360 e. The third kappa shape index (κ3) is 6.73. The van der Waals surface area contributed by atoms with Crippen molar-refractivity contribution in [2.75, 3.05) is 13.1 Å². The van der Waals surface area contributed by atoms with Crippen molar-refractivity contribution in [2.45, 2.75) is 53.6 Å². The zero-order valence-corrected chi connectivity index (χ0v) is 12.9. The zero-order chi connectivity index (χ0) is 14.3. The number of rotatable bonds is 9. The van der Waals surface area contributed by atoms with Gasteiger partial charge in [-0.2, -0.15) is 0 Å². The van der Waals surface area contributed by atoms with Crippen molar-refractivity contribution < 1.29 is 4.52 Å². The van der Waals surface area contributed by atoms with Crippen LogP contribution in [0.25, 0.3) is 0 Å². The number of hydrogen-bond donors (Lipinski definition) is 1. The van der Waals surface area contributed by atoms with Crippen LogP contribution in [0.1, 0.15) is 52.0 Å². The molecule has 4 nitrogen and oxygen atoms in total. The van der Waals surface area contributed by atoms with Gasteiger partial charge in [0.05, 0.1) is 12.2 Å². The van der Waals surface area contributed by atoms with E-state index in [9.17, 15) is 0 Å². The highest BCUT2D eigenvalue weighted by Crippen LogP contribution is 2.12. The van der Waals surface area contributed by atoms with E-state index in [4.69, 9.17) is 10.3 Å². The normalized spacial score (nSPS) is 12.0. The molecule has 110 valence electrons. The van der Waals surface area contributed by atoms with Gasteiger partial charge in [0.25, 0.3) is 0 Å². The lowest BCUT2D eigenvalue weighted by Gasteiger charge is -2.22. The Balaban J connectivity index is 2.51. The van der Waals surface area contributed by atoms with Crippen LogP contribution in [-0.4, -0.2) is 23.1 Å². The van der Waals surface area contributed by atoms with Crippen molar-refractivity contribution in [3.05, 3.63) is 17.5 Å². The lowest BCUT2D eigenvalue weighted by Crippen LogP contribution is -2.27. The van der Waals surface area contributed by atoms with Gasteiger partial charge in [-0.3, -0.25) is 4.90 Å². The smallest absolute Gasteiger partial charge is 0.151 e. The molecular formula is C15H29N3O. The molecule has 0 saturated carbocycles. The van der Waals surface area contributed by atoms with Crippen LogP contribution in [0.2, 0.25) is 0 Å². The molecule has 0 bridgehead atoms. The monoisotopic (exact) mass is 267 g/mol. The van der Waals surface area contributed by atoms with E-state index in [-0.39, 0.29) is 0 Å². The lowest BCUT2D eigenvalue weighted by atomic mass is 10.1. The molecule has 1 aromatic heterocycles. The second-order valence-electron chi connectivity index (χ2n) is 6.13. The Morgan fingerprint density at radius 3 is 2.16 bits per heavy atom. The first-order valence-electron chi connectivity index (χ1n) is 7.38. The van der Waals surface area contributed by atoms with Crippen LogP contribution in [-0.2, 0) is 13.1 Å². The van der Waals surface area contributed by atoms with E-state index in [0.29, 0.717) is 6.54 Å². The maximum atomic E-state index is 5.55. The SMILES string of the molecule is CC(C)CCN(CCC(C)C)Cc1cc(CN)no1. The second-order valence-corrected chi connectivity index (χ2v) is 6.13. The molecule has 0 atom stereocenters. The van der Waals surface area contributed by atoms with Crippen LogP contribution in [0.3, 0.4) is 0 Å². The summed E-state index contributed by atoms with van der Waals surface area (Å²) < 4.78 is 5.33. The minimum Gasteiger partial charge on any atom is -0.360 e. The van der Waals surface area contributed by atoms with Gasteiger partial charge >= 0.3 is 0 Å². The number of hydrogen-bond acceptors (Lipinski definition) is 4. The maximum absolute atomic E-state index is 5.55. The van der Waals surface area contributed by atoms with E-state index in [1.807, 2.05) is 6.07 Å². The van der Waals surface area contributed by atoms with Crippen molar-refractivity contribution >= 4 is 0 Å². The van der Waals surface area contributed by atoms with Gasteiger partial charge < -0.3 is 10.3 Å². The summed E-state index contributed by atoms with van der Waals surface area (Å²) in [6.07, 6.45) is 2.44. The average molecular weight is 267 g/mol. The van der Waals surface area contributed by atoms with E-state index in [0.717, 1.165) is 42.9 Å². The van der Waals surface area contributed by atoms with Crippen LogP contribution in [0.4, 0.5) is 0 Å². The van der Waals surface area contributed by atoms with E-state index in [1.165, 1.54) is 12.8 Å². The van der Waals surface area contributed by atoms with Gasteiger partial charge in [0.2, 0.25) is 0 Å². The predicted molar refractivity (Wildman–Crippen MR) is 78.6 cm³/mol. The molecule has 0 spiro atoms. The molecule has 0 radical (unpaired) electrons. The van der Waals surface area contributed by atoms with Crippen LogP contribution in [0, 0.1) is 11.8 Å². The molecular weight excluding hydrogens is 238 g/mol. The van der Waals surface area contributed by atoms with Gasteiger partial charge in [-0.25, -0.2) is 0 Å². The zero-order valence-electron chi connectivity index (χ0n) is 12.9. The Labute approximate surface area is 117 Å². The van der Waals surface area contributed by atoms with Crippen molar-refractivity contribution in [3.63, 3.8) is 0 Å². The molecule has 19 heavy (non-hydrogen) atoms. The quantitative estimate of drug-likeness (QED) is 0.747. The van der Waals surface area contributed by atoms with Crippen LogP contribution >= 0.6 is 0 Å². The minimum absolute atomic E-state index is 0.446. The molecule has 1 heterocycles. The van der Waals surface area contributed by atoms with E-state index in [1.54, 1.807) is 0 Å². The van der Waals surface area contributed by atoms with Crippen LogP contribution in [0.5, 0.6) is 0 Å². The Morgan fingerprint density at radius 1 is 1.16 bits per heavy atom. The Bertz CT molecular complexity index is 335. The topological polar surface area (TPSA) is 55.3 Å². The summed E-state index contributed by atoms with van der Waals surface area (Å²) in [5.41, 5.74) is 6.39. The van der Waals surface area contributed by atoms with Gasteiger partial charge in [-0.05, 0) is 37.8 Å². The minimum atomic E-state index is 0.446. The lowest BCUT2D eigenvalue weighted by molar-refractivity contribution is 0.209. The van der Waals surface area contributed by atoms with Gasteiger partial charge in [0, 0.05) is 12.6 Å². The molecule has 0 aliphatic rings. The number of nitrogens with zero attached hydrogens (tertiary/aromatic N) is 2. The fourth-order valence-corrected chi connectivity index (χ4v) is 1.90. The van der Waals surface area contributed by atoms with E-state index < -0.39 is 0 Å². The fourth-order valence-electron chi connectivity index (χ4n) is 1.90. The highest BCUT2D eigenvalue weighted by atomic mass is 16.5. The van der Waals surface area contributed by atoms with Crippen molar-refractivity contribution in [1.82, 2.24) is 10.1 Å². The number of nitrogens with two attached hydrogens (primary N) is 1. The summed E-state index contributed by atoms with van der Waals surface area (Å²) in [6, 6.07) is 1.97. The highest BCUT2D eigenvalue weighted by molar-refractivity contribution is 5.04. The molecule has 1 aromatic rings. The Kier molecular flexibility index (Phi) is 7.10. The molecule has 0 amide bonds. The third-order valence-electron chi connectivity index (χ3n) is 3.24. The first-order valence-corrected chi connectivity index (χ1v) is 7.38. The molecule has 1 rings (SSSR count). The molecule has 0 fully saturated rings. The van der Waals surface area contributed by atoms with E-state index in [2.05, 4.69) is 37.8 Å². The summed E-state index contributed by atoms with van der Waals surface area (Å²) in [5.74, 6) is 2.39. The van der Waals surface area contributed by atoms with Crippen molar-refractivity contribution in [2.24, 2.45) is 17.6 Å². The van der Waals surface area contributed by atoms with Gasteiger partial charge in [0.15, 0.2) is 5.76 Å². The molecule has 0 unspecified atom stereocenters. The Morgan fingerprint density at radius 2 is 1.74 bits per heavy atom.